The van der Waals surface area contributed by atoms with E-state index >= 15 is 0 Å². The average molecular weight is 290 g/mol. The quantitative estimate of drug-likeness (QED) is 0.610. The Morgan fingerprint density at radius 1 is 1.57 bits per heavy atom. The molecule has 1 saturated carbocycles. The molecule has 0 aromatic heterocycles. The third-order valence-corrected chi connectivity index (χ3v) is 4.51. The van der Waals surface area contributed by atoms with Crippen molar-refractivity contribution in [3.63, 3.8) is 0 Å². The molecule has 5 heteroatoms. The summed E-state index contributed by atoms with van der Waals surface area (Å²) in [6.45, 7) is 2.13. The lowest BCUT2D eigenvalue weighted by atomic mass is 9.67. The number of nitriles is 1. The van der Waals surface area contributed by atoms with Crippen molar-refractivity contribution in [1.29, 1.82) is 5.26 Å². The lowest BCUT2D eigenvalue weighted by Crippen LogP contribution is -2.29. The number of nitro groups is 1. The van der Waals surface area contributed by atoms with Gasteiger partial charge in [-0.15, -0.1) is 0 Å². The van der Waals surface area contributed by atoms with Crippen LogP contribution in [0.25, 0.3) is 0 Å². The number of hydrogen-bond donors (Lipinski definition) is 0. The van der Waals surface area contributed by atoms with Gasteiger partial charge in [0.1, 0.15) is 0 Å². The highest BCUT2D eigenvalue weighted by Crippen LogP contribution is 2.42. The van der Waals surface area contributed by atoms with Gasteiger partial charge in [-0.3, -0.25) is 10.1 Å². The van der Waals surface area contributed by atoms with Crippen LogP contribution in [0.2, 0.25) is 0 Å². The fraction of sp³-hybridized carbons (Fsp3) is 0.562. The second-order valence-electron chi connectivity index (χ2n) is 5.98. The Hall–Kier alpha value is -1.96. The zero-order chi connectivity index (χ0) is 15.5. The maximum absolute atomic E-state index is 13.7. The van der Waals surface area contributed by atoms with Crippen LogP contribution in [0.4, 0.5) is 10.1 Å². The molecule has 2 unspecified atom stereocenters. The van der Waals surface area contributed by atoms with Crippen molar-refractivity contribution in [3.8, 4) is 6.07 Å². The van der Waals surface area contributed by atoms with Gasteiger partial charge >= 0.3 is 5.69 Å². The second-order valence-corrected chi connectivity index (χ2v) is 5.98. The van der Waals surface area contributed by atoms with Gasteiger partial charge in [0.15, 0.2) is 0 Å². The van der Waals surface area contributed by atoms with E-state index in [0.29, 0.717) is 17.9 Å². The van der Waals surface area contributed by atoms with Crippen LogP contribution >= 0.6 is 0 Å². The number of halogens is 1. The first-order valence-electron chi connectivity index (χ1n) is 7.34. The molecule has 0 radical (unpaired) electrons. The predicted molar refractivity (Wildman–Crippen MR) is 77.1 cm³/mol. The monoisotopic (exact) mass is 290 g/mol. The number of nitrogens with zero attached hydrogens (tertiary/aromatic N) is 2. The van der Waals surface area contributed by atoms with Gasteiger partial charge in [-0.1, -0.05) is 32.3 Å². The Morgan fingerprint density at radius 3 is 2.90 bits per heavy atom. The lowest BCUT2D eigenvalue weighted by molar-refractivity contribution is -0.387. The third kappa shape index (κ3) is 3.38. The SMILES string of the molecule is CCC1CCCC(C#N)(Cc2ccc([N+](=O)[O-])c(F)c2)C1. The minimum atomic E-state index is -0.826. The Morgan fingerprint density at radius 2 is 2.33 bits per heavy atom. The Balaban J connectivity index is 2.21. The van der Waals surface area contributed by atoms with Crippen molar-refractivity contribution >= 4 is 5.69 Å². The minimum Gasteiger partial charge on any atom is -0.258 e. The highest BCUT2D eigenvalue weighted by Gasteiger charge is 2.36. The van der Waals surface area contributed by atoms with Gasteiger partial charge in [0, 0.05) is 6.07 Å². The fourth-order valence-corrected chi connectivity index (χ4v) is 3.34. The van der Waals surface area contributed by atoms with E-state index in [2.05, 4.69) is 13.0 Å². The molecule has 2 atom stereocenters. The molecule has 21 heavy (non-hydrogen) atoms. The van der Waals surface area contributed by atoms with E-state index in [1.165, 1.54) is 12.1 Å². The summed E-state index contributed by atoms with van der Waals surface area (Å²) < 4.78 is 13.7. The second kappa shape index (κ2) is 6.21. The fourth-order valence-electron chi connectivity index (χ4n) is 3.34. The van der Waals surface area contributed by atoms with E-state index in [1.807, 2.05) is 0 Å². The summed E-state index contributed by atoms with van der Waals surface area (Å²) in [7, 11) is 0. The van der Waals surface area contributed by atoms with Crippen LogP contribution in [0.5, 0.6) is 0 Å². The Bertz CT molecular complexity index is 582. The van der Waals surface area contributed by atoms with Crippen molar-refractivity contribution in [2.75, 3.05) is 0 Å². The summed E-state index contributed by atoms with van der Waals surface area (Å²) in [6.07, 6.45) is 5.33. The van der Waals surface area contributed by atoms with Crippen LogP contribution in [-0.2, 0) is 6.42 Å². The third-order valence-electron chi connectivity index (χ3n) is 4.51. The smallest absolute Gasteiger partial charge is 0.258 e. The highest BCUT2D eigenvalue weighted by molar-refractivity contribution is 5.36. The van der Waals surface area contributed by atoms with Crippen LogP contribution < -0.4 is 0 Å². The first-order chi connectivity index (χ1) is 9.99. The summed E-state index contributed by atoms with van der Waals surface area (Å²) in [5.74, 6) is -0.283. The normalized spacial score (nSPS) is 25.3. The molecule has 2 rings (SSSR count). The average Bonchev–Trinajstić information content (AvgIpc) is 2.47. The van der Waals surface area contributed by atoms with E-state index < -0.39 is 21.8 Å². The van der Waals surface area contributed by atoms with Crippen LogP contribution in [0, 0.1) is 38.6 Å². The van der Waals surface area contributed by atoms with Crippen LogP contribution in [0.1, 0.15) is 44.6 Å². The summed E-state index contributed by atoms with van der Waals surface area (Å²) in [5.41, 5.74) is -0.308. The van der Waals surface area contributed by atoms with Crippen LogP contribution in [0.15, 0.2) is 18.2 Å². The molecule has 0 aliphatic heterocycles. The zero-order valence-electron chi connectivity index (χ0n) is 12.1. The summed E-state index contributed by atoms with van der Waals surface area (Å²) in [4.78, 5) is 9.91. The molecule has 0 N–H and O–H groups in total. The molecule has 0 heterocycles. The van der Waals surface area contributed by atoms with Gasteiger partial charge in [0.05, 0.1) is 16.4 Å². The number of benzene rings is 1. The first-order valence-corrected chi connectivity index (χ1v) is 7.34. The molecule has 1 aliphatic carbocycles. The van der Waals surface area contributed by atoms with E-state index in [4.69, 9.17) is 0 Å². The summed E-state index contributed by atoms with van der Waals surface area (Å²) >= 11 is 0. The van der Waals surface area contributed by atoms with Crippen LogP contribution in [-0.4, -0.2) is 4.92 Å². The van der Waals surface area contributed by atoms with Gasteiger partial charge in [0.2, 0.25) is 5.82 Å². The molecule has 0 amide bonds. The molecule has 1 aromatic carbocycles. The number of nitro benzene ring substituents is 1. The van der Waals surface area contributed by atoms with Gasteiger partial charge in [-0.05, 0) is 36.8 Å². The molecule has 0 saturated heterocycles. The predicted octanol–water partition coefficient (Wildman–Crippen LogP) is 4.39. The van der Waals surface area contributed by atoms with E-state index in [9.17, 15) is 19.8 Å². The Kier molecular flexibility index (Phi) is 4.56. The lowest BCUT2D eigenvalue weighted by Gasteiger charge is -2.35. The maximum Gasteiger partial charge on any atom is 0.304 e. The Labute approximate surface area is 123 Å². The first kappa shape index (κ1) is 15.4. The van der Waals surface area contributed by atoms with Crippen LogP contribution in [0.3, 0.4) is 0 Å². The minimum absolute atomic E-state index is 0.457. The zero-order valence-corrected chi connectivity index (χ0v) is 12.1. The molecule has 1 aromatic rings. The standard InChI is InChI=1S/C16H19FN2O2/c1-2-12-4-3-7-16(9-12,11-18)10-13-5-6-15(19(20)21)14(17)8-13/h5-6,8,12H,2-4,7,9-10H2,1H3. The molecule has 0 spiro atoms. The molecule has 4 nitrogen and oxygen atoms in total. The maximum atomic E-state index is 13.7. The topological polar surface area (TPSA) is 66.9 Å². The van der Waals surface area contributed by atoms with Crippen molar-refractivity contribution in [2.24, 2.45) is 11.3 Å². The molecular formula is C16H19FN2O2. The van der Waals surface area contributed by atoms with Crippen molar-refractivity contribution in [2.45, 2.75) is 45.4 Å². The summed E-state index contributed by atoms with van der Waals surface area (Å²) in [5, 5.41) is 20.2. The molecular weight excluding hydrogens is 271 g/mol. The van der Waals surface area contributed by atoms with Crippen molar-refractivity contribution in [3.05, 3.63) is 39.7 Å². The van der Waals surface area contributed by atoms with Gasteiger partial charge in [-0.2, -0.15) is 9.65 Å². The number of hydrogen-bond acceptors (Lipinski definition) is 3. The summed E-state index contributed by atoms with van der Waals surface area (Å²) in [6, 6.07) is 6.39. The van der Waals surface area contributed by atoms with Gasteiger partial charge < -0.3 is 0 Å². The molecule has 1 aliphatic rings. The van der Waals surface area contributed by atoms with E-state index in [0.717, 1.165) is 32.1 Å². The van der Waals surface area contributed by atoms with Crippen molar-refractivity contribution in [1.82, 2.24) is 0 Å². The van der Waals surface area contributed by atoms with Gasteiger partial charge in [0.25, 0.3) is 0 Å². The molecule has 1 fully saturated rings. The van der Waals surface area contributed by atoms with E-state index in [-0.39, 0.29) is 0 Å². The van der Waals surface area contributed by atoms with Crippen molar-refractivity contribution < 1.29 is 9.31 Å². The molecule has 0 bridgehead atoms. The van der Waals surface area contributed by atoms with Gasteiger partial charge in [-0.25, -0.2) is 0 Å². The number of rotatable bonds is 4. The largest absolute Gasteiger partial charge is 0.304 e. The van der Waals surface area contributed by atoms with E-state index in [1.54, 1.807) is 6.07 Å². The highest BCUT2D eigenvalue weighted by atomic mass is 19.1. The molecule has 112 valence electrons.